The molecule has 9 heteroatoms. The van der Waals surface area contributed by atoms with Crippen LogP contribution in [-0.4, -0.2) is 34.6 Å². The molecule has 0 atom stereocenters. The Bertz CT molecular complexity index is 1000. The summed E-state index contributed by atoms with van der Waals surface area (Å²) < 4.78 is 10.4. The van der Waals surface area contributed by atoms with Gasteiger partial charge < -0.3 is 14.0 Å². The number of aromatic amines is 1. The first-order chi connectivity index (χ1) is 12.7. The molecule has 8 nitrogen and oxygen atoms in total. The van der Waals surface area contributed by atoms with E-state index in [0.717, 1.165) is 22.8 Å². The molecule has 2 aromatic heterocycles. The summed E-state index contributed by atoms with van der Waals surface area (Å²) in [7, 11) is 0. The molecule has 0 aliphatic carbocycles. The van der Waals surface area contributed by atoms with Crippen LogP contribution in [0.3, 0.4) is 0 Å². The van der Waals surface area contributed by atoms with Crippen molar-refractivity contribution >= 4 is 28.6 Å². The van der Waals surface area contributed by atoms with E-state index in [1.54, 1.807) is 11.8 Å². The van der Waals surface area contributed by atoms with Crippen molar-refractivity contribution in [1.82, 2.24) is 9.97 Å². The molecular formula is C17H17N3O5S. The number of hydrogen-bond acceptors (Lipinski definition) is 8. The van der Waals surface area contributed by atoms with Crippen LogP contribution in [0.4, 0.5) is 0 Å². The predicted molar refractivity (Wildman–Crippen MR) is 97.9 cm³/mol. The second kappa shape index (κ2) is 7.46. The van der Waals surface area contributed by atoms with Crippen LogP contribution in [0.15, 0.2) is 36.2 Å². The zero-order valence-corrected chi connectivity index (χ0v) is 14.8. The van der Waals surface area contributed by atoms with Gasteiger partial charge in [-0.2, -0.15) is 4.98 Å². The average Bonchev–Trinajstić information content (AvgIpc) is 3.13. The molecule has 0 bridgehead atoms. The van der Waals surface area contributed by atoms with Crippen molar-refractivity contribution in [1.29, 1.82) is 0 Å². The highest BCUT2D eigenvalue weighted by molar-refractivity contribution is 8.03. The van der Waals surface area contributed by atoms with E-state index in [1.807, 2.05) is 0 Å². The second-order valence-corrected chi connectivity index (χ2v) is 7.21. The van der Waals surface area contributed by atoms with Gasteiger partial charge in [0.05, 0.1) is 18.9 Å². The van der Waals surface area contributed by atoms with Crippen molar-refractivity contribution in [3.63, 3.8) is 0 Å². The standard InChI is InChI=1S/C17H17N3O5S/c21-13-9-10(8-12-2-1-7-26-12)14-15(22)18-17(19-16(14)24-13)25-20-11-3-5-23-6-4-11/h2,9H,1,3-8H2,(H,18,19,22). The summed E-state index contributed by atoms with van der Waals surface area (Å²) in [4.78, 5) is 37.4. The SMILES string of the molecule is O=c1cc(CC2=CCCS2)c2c(=O)[nH]c(ON=C3CCOCC3)nc2o1. The third kappa shape index (κ3) is 3.73. The number of rotatable bonds is 4. The maximum Gasteiger partial charge on any atom is 0.337 e. The lowest BCUT2D eigenvalue weighted by atomic mass is 10.1. The number of aromatic nitrogens is 2. The molecule has 0 amide bonds. The van der Waals surface area contributed by atoms with Crippen LogP contribution >= 0.6 is 11.8 Å². The number of oxime groups is 1. The highest BCUT2D eigenvalue weighted by atomic mass is 32.2. The quantitative estimate of drug-likeness (QED) is 0.814. The van der Waals surface area contributed by atoms with E-state index < -0.39 is 11.2 Å². The third-order valence-electron chi connectivity index (χ3n) is 4.15. The normalized spacial score (nSPS) is 17.4. The van der Waals surface area contributed by atoms with Gasteiger partial charge in [-0.1, -0.05) is 11.2 Å². The van der Waals surface area contributed by atoms with E-state index in [2.05, 4.69) is 21.2 Å². The molecule has 4 rings (SSSR count). The summed E-state index contributed by atoms with van der Waals surface area (Å²) in [5, 5.41) is 4.27. The Labute approximate surface area is 152 Å². The molecule has 2 aliphatic rings. The topological polar surface area (TPSA) is 107 Å². The summed E-state index contributed by atoms with van der Waals surface area (Å²) in [6, 6.07) is 1.25. The van der Waals surface area contributed by atoms with Crippen molar-refractivity contribution in [3.8, 4) is 6.01 Å². The van der Waals surface area contributed by atoms with Gasteiger partial charge in [0, 0.05) is 31.1 Å². The molecule has 1 N–H and O–H groups in total. The van der Waals surface area contributed by atoms with Gasteiger partial charge in [-0.15, -0.1) is 11.8 Å². The van der Waals surface area contributed by atoms with Gasteiger partial charge in [-0.3, -0.25) is 9.78 Å². The van der Waals surface area contributed by atoms with E-state index in [9.17, 15) is 9.59 Å². The molecule has 1 saturated heterocycles. The summed E-state index contributed by atoms with van der Waals surface area (Å²) in [5.74, 6) is 1.02. The lowest BCUT2D eigenvalue weighted by Gasteiger charge is -2.12. The lowest BCUT2D eigenvalue weighted by molar-refractivity contribution is 0.132. The fourth-order valence-corrected chi connectivity index (χ4v) is 3.89. The second-order valence-electron chi connectivity index (χ2n) is 5.99. The van der Waals surface area contributed by atoms with Gasteiger partial charge in [0.2, 0.25) is 5.71 Å². The van der Waals surface area contributed by atoms with E-state index in [-0.39, 0.29) is 17.1 Å². The highest BCUT2D eigenvalue weighted by Crippen LogP contribution is 2.29. The Balaban J connectivity index is 1.68. The van der Waals surface area contributed by atoms with Crippen molar-refractivity contribution in [3.05, 3.63) is 43.4 Å². The molecular weight excluding hydrogens is 358 g/mol. The van der Waals surface area contributed by atoms with Crippen LogP contribution < -0.4 is 16.0 Å². The molecule has 0 spiro atoms. The minimum Gasteiger partial charge on any atom is -0.403 e. The third-order valence-corrected chi connectivity index (χ3v) is 5.27. The van der Waals surface area contributed by atoms with Crippen molar-refractivity contribution in [2.45, 2.75) is 25.7 Å². The molecule has 2 aromatic rings. The van der Waals surface area contributed by atoms with E-state index in [4.69, 9.17) is 14.0 Å². The number of allylic oxidation sites excluding steroid dienone is 2. The largest absolute Gasteiger partial charge is 0.403 e. The first kappa shape index (κ1) is 17.0. The van der Waals surface area contributed by atoms with Gasteiger partial charge in [-0.25, -0.2) is 4.79 Å². The molecule has 0 aromatic carbocycles. The van der Waals surface area contributed by atoms with Crippen LogP contribution in [0.25, 0.3) is 11.1 Å². The zero-order chi connectivity index (χ0) is 17.9. The van der Waals surface area contributed by atoms with E-state index >= 15 is 0 Å². The smallest absolute Gasteiger partial charge is 0.337 e. The number of thioether (sulfide) groups is 1. The van der Waals surface area contributed by atoms with Crippen LogP contribution in [0.1, 0.15) is 24.8 Å². The van der Waals surface area contributed by atoms with Gasteiger partial charge in [0.15, 0.2) is 0 Å². The van der Waals surface area contributed by atoms with Gasteiger partial charge in [0.25, 0.3) is 5.56 Å². The number of nitrogens with one attached hydrogen (secondary N) is 1. The molecule has 0 unspecified atom stereocenters. The van der Waals surface area contributed by atoms with Crippen LogP contribution in [0.2, 0.25) is 0 Å². The van der Waals surface area contributed by atoms with Crippen LogP contribution in [0.5, 0.6) is 6.01 Å². The summed E-state index contributed by atoms with van der Waals surface area (Å²) >= 11 is 1.73. The molecule has 26 heavy (non-hydrogen) atoms. The summed E-state index contributed by atoms with van der Waals surface area (Å²) in [5.41, 5.74) is 0.435. The molecule has 136 valence electrons. The summed E-state index contributed by atoms with van der Waals surface area (Å²) in [6.45, 7) is 1.19. The van der Waals surface area contributed by atoms with Crippen molar-refractivity contribution < 1.29 is 14.0 Å². The predicted octanol–water partition coefficient (Wildman–Crippen LogP) is 1.98. The summed E-state index contributed by atoms with van der Waals surface area (Å²) in [6.07, 6.45) is 4.97. The van der Waals surface area contributed by atoms with Gasteiger partial charge in [-0.05, 0) is 16.9 Å². The fourth-order valence-electron chi connectivity index (χ4n) is 2.90. The Hall–Kier alpha value is -2.39. The van der Waals surface area contributed by atoms with Gasteiger partial charge >= 0.3 is 11.6 Å². The maximum absolute atomic E-state index is 12.5. The fraction of sp³-hybridized carbons (Fsp3) is 0.412. The van der Waals surface area contributed by atoms with Crippen molar-refractivity contribution in [2.75, 3.05) is 19.0 Å². The van der Waals surface area contributed by atoms with Crippen LogP contribution in [-0.2, 0) is 11.2 Å². The number of nitrogens with zero attached hydrogens (tertiary/aromatic N) is 2. The van der Waals surface area contributed by atoms with E-state index in [0.29, 0.717) is 38.0 Å². The van der Waals surface area contributed by atoms with E-state index in [1.165, 1.54) is 6.07 Å². The number of ether oxygens (including phenoxy) is 1. The molecule has 0 saturated carbocycles. The Morgan fingerprint density at radius 3 is 2.92 bits per heavy atom. The number of H-pyrrole nitrogens is 1. The minimum atomic E-state index is -0.545. The highest BCUT2D eigenvalue weighted by Gasteiger charge is 2.16. The first-order valence-corrected chi connectivity index (χ1v) is 9.37. The minimum absolute atomic E-state index is 0.0398. The van der Waals surface area contributed by atoms with Crippen LogP contribution in [0, 0.1) is 0 Å². The average molecular weight is 375 g/mol. The maximum atomic E-state index is 12.5. The first-order valence-electron chi connectivity index (χ1n) is 8.38. The Morgan fingerprint density at radius 2 is 2.15 bits per heavy atom. The molecule has 4 heterocycles. The lowest BCUT2D eigenvalue weighted by Crippen LogP contribution is -2.17. The van der Waals surface area contributed by atoms with Gasteiger partial charge in [0.1, 0.15) is 5.39 Å². The van der Waals surface area contributed by atoms with Crippen molar-refractivity contribution in [2.24, 2.45) is 5.16 Å². The Morgan fingerprint density at radius 1 is 1.31 bits per heavy atom. The number of hydrogen-bond donors (Lipinski definition) is 1. The zero-order valence-electron chi connectivity index (χ0n) is 13.9. The Kier molecular flexibility index (Phi) is 4.89. The number of fused-ring (bicyclic) bond motifs is 1. The molecule has 1 fully saturated rings. The molecule has 0 radical (unpaired) electrons. The molecule has 2 aliphatic heterocycles. The monoisotopic (exact) mass is 375 g/mol.